The van der Waals surface area contributed by atoms with Gasteiger partial charge in [0.1, 0.15) is 0 Å². The molecule has 0 bridgehead atoms. The Balaban J connectivity index is 3.59. The molecular formula is C4H6N4O3. The molecule has 0 aliphatic heterocycles. The van der Waals surface area contributed by atoms with Crippen LogP contribution in [0.5, 0.6) is 5.75 Å². The highest BCUT2D eigenvalue weighted by atomic mass is 16.5. The second kappa shape index (κ2) is 2.04. The molecular weight excluding hydrogens is 152 g/mol. The third-order valence-electron chi connectivity index (χ3n) is 1.09. The third-order valence-corrected chi connectivity index (χ3v) is 1.09. The second-order valence-corrected chi connectivity index (χ2v) is 1.82. The number of hydrogen-bond donors (Lipinski definition) is 4. The summed E-state index contributed by atoms with van der Waals surface area (Å²) in [6.45, 7) is 0. The lowest BCUT2D eigenvalue weighted by atomic mass is 10.5. The van der Waals surface area contributed by atoms with Crippen molar-refractivity contribution in [3.8, 4) is 5.75 Å². The van der Waals surface area contributed by atoms with E-state index in [-0.39, 0.29) is 4.73 Å². The molecule has 0 aromatic carbocycles. The molecule has 0 saturated heterocycles. The van der Waals surface area contributed by atoms with E-state index in [9.17, 15) is 4.79 Å². The number of nitrogens with two attached hydrogens (primary N) is 2. The molecule has 60 valence electrons. The number of aromatic hydroxyl groups is 1. The van der Waals surface area contributed by atoms with Gasteiger partial charge in [-0.15, -0.1) is 4.73 Å². The Hall–Kier alpha value is -1.92. The zero-order chi connectivity index (χ0) is 8.59. The van der Waals surface area contributed by atoms with Crippen LogP contribution in [0.4, 0.5) is 11.8 Å². The van der Waals surface area contributed by atoms with Gasteiger partial charge in [-0.1, -0.05) is 0 Å². The number of rotatable bonds is 0. The highest BCUT2D eigenvalue weighted by Crippen LogP contribution is 2.10. The van der Waals surface area contributed by atoms with Gasteiger partial charge in [0, 0.05) is 0 Å². The predicted octanol–water partition coefficient (Wildman–Crippen LogP) is -1.65. The van der Waals surface area contributed by atoms with E-state index in [1.165, 1.54) is 0 Å². The van der Waals surface area contributed by atoms with Gasteiger partial charge >= 0.3 is 5.56 Å². The van der Waals surface area contributed by atoms with Crippen LogP contribution in [-0.4, -0.2) is 20.0 Å². The second-order valence-electron chi connectivity index (χ2n) is 1.82. The lowest BCUT2D eigenvalue weighted by molar-refractivity contribution is 0.174. The van der Waals surface area contributed by atoms with Crippen molar-refractivity contribution in [2.45, 2.75) is 0 Å². The van der Waals surface area contributed by atoms with Crippen molar-refractivity contribution in [3.63, 3.8) is 0 Å². The van der Waals surface area contributed by atoms with Crippen LogP contribution in [-0.2, 0) is 0 Å². The minimum absolute atomic E-state index is 0.00565. The molecule has 0 saturated carbocycles. The van der Waals surface area contributed by atoms with E-state index < -0.39 is 23.1 Å². The van der Waals surface area contributed by atoms with Crippen LogP contribution in [0.1, 0.15) is 0 Å². The van der Waals surface area contributed by atoms with E-state index in [4.69, 9.17) is 21.8 Å². The van der Waals surface area contributed by atoms with E-state index in [0.717, 1.165) is 0 Å². The van der Waals surface area contributed by atoms with Gasteiger partial charge in [-0.25, -0.2) is 0 Å². The summed E-state index contributed by atoms with van der Waals surface area (Å²) in [6, 6.07) is 0. The molecule has 7 nitrogen and oxygen atoms in total. The number of anilines is 2. The molecule has 0 aliphatic rings. The first-order chi connectivity index (χ1) is 5.04. The normalized spacial score (nSPS) is 9.82. The highest BCUT2D eigenvalue weighted by Gasteiger charge is 2.09. The predicted molar refractivity (Wildman–Crippen MR) is 36.2 cm³/mol. The van der Waals surface area contributed by atoms with Gasteiger partial charge in [0.2, 0.25) is 11.7 Å². The fourth-order valence-corrected chi connectivity index (χ4v) is 0.538. The Morgan fingerprint density at radius 1 is 1.45 bits per heavy atom. The van der Waals surface area contributed by atoms with E-state index in [1.54, 1.807) is 0 Å². The van der Waals surface area contributed by atoms with Crippen molar-refractivity contribution < 1.29 is 10.3 Å². The molecule has 0 spiro atoms. The van der Waals surface area contributed by atoms with Crippen LogP contribution in [0.15, 0.2) is 4.79 Å². The summed E-state index contributed by atoms with van der Waals surface area (Å²) < 4.78 is 0.00565. The summed E-state index contributed by atoms with van der Waals surface area (Å²) in [7, 11) is 0. The largest absolute Gasteiger partial charge is 0.500 e. The van der Waals surface area contributed by atoms with Gasteiger partial charge < -0.3 is 21.8 Å². The maximum Gasteiger partial charge on any atom is 0.332 e. The molecule has 0 atom stereocenters. The van der Waals surface area contributed by atoms with Crippen LogP contribution >= 0.6 is 0 Å². The van der Waals surface area contributed by atoms with Crippen molar-refractivity contribution >= 4 is 11.8 Å². The summed E-state index contributed by atoms with van der Waals surface area (Å²) in [5.41, 5.74) is 8.94. The minimum atomic E-state index is -1.09. The van der Waals surface area contributed by atoms with E-state index in [1.807, 2.05) is 0 Å². The first-order valence-corrected chi connectivity index (χ1v) is 2.60. The Labute approximate surface area is 60.5 Å². The molecule has 7 heteroatoms. The third kappa shape index (κ3) is 0.914. The molecule has 0 unspecified atom stereocenters. The fraction of sp³-hybridized carbons (Fsp3) is 0. The standard InChI is InChI=1S/C4H6N4O3/c5-2-1(9)3(10)8(11)4(6)7-2/h9,11H,5H2,(H2,6,7). The topological polar surface area (TPSA) is 127 Å². The van der Waals surface area contributed by atoms with E-state index >= 15 is 0 Å². The minimum Gasteiger partial charge on any atom is -0.500 e. The molecule has 0 amide bonds. The van der Waals surface area contributed by atoms with E-state index in [2.05, 4.69) is 4.98 Å². The van der Waals surface area contributed by atoms with Crippen molar-refractivity contribution in [1.82, 2.24) is 9.71 Å². The van der Waals surface area contributed by atoms with Crippen LogP contribution in [0.25, 0.3) is 0 Å². The molecule has 1 aromatic rings. The summed E-state index contributed by atoms with van der Waals surface area (Å²) in [5.74, 6) is -1.69. The monoisotopic (exact) mass is 158 g/mol. The Bertz CT molecular complexity index is 315. The smallest absolute Gasteiger partial charge is 0.332 e. The number of nitrogen functional groups attached to an aromatic ring is 2. The van der Waals surface area contributed by atoms with Crippen molar-refractivity contribution in [2.24, 2.45) is 0 Å². The average molecular weight is 158 g/mol. The molecule has 11 heavy (non-hydrogen) atoms. The first kappa shape index (κ1) is 7.19. The van der Waals surface area contributed by atoms with Crippen molar-refractivity contribution in [2.75, 3.05) is 11.5 Å². The lowest BCUT2D eigenvalue weighted by Crippen LogP contribution is -2.22. The maximum atomic E-state index is 10.7. The molecule has 0 fully saturated rings. The summed E-state index contributed by atoms with van der Waals surface area (Å²) in [6.07, 6.45) is 0. The Morgan fingerprint density at radius 3 is 2.55 bits per heavy atom. The van der Waals surface area contributed by atoms with Crippen LogP contribution < -0.4 is 17.0 Å². The Morgan fingerprint density at radius 2 is 2.00 bits per heavy atom. The lowest BCUT2D eigenvalue weighted by Gasteiger charge is -2.01. The van der Waals surface area contributed by atoms with Gasteiger partial charge in [-0.05, 0) is 0 Å². The van der Waals surface area contributed by atoms with Gasteiger partial charge in [0.05, 0.1) is 0 Å². The Kier molecular flexibility index (Phi) is 1.34. The summed E-state index contributed by atoms with van der Waals surface area (Å²) in [4.78, 5) is 13.9. The van der Waals surface area contributed by atoms with Crippen molar-refractivity contribution in [1.29, 1.82) is 0 Å². The van der Waals surface area contributed by atoms with E-state index in [0.29, 0.717) is 0 Å². The maximum absolute atomic E-state index is 10.7. The van der Waals surface area contributed by atoms with Crippen LogP contribution in [0.2, 0.25) is 0 Å². The molecule has 0 radical (unpaired) electrons. The zero-order valence-electron chi connectivity index (χ0n) is 5.35. The molecule has 6 N–H and O–H groups in total. The SMILES string of the molecule is Nc1nc(N)n(O)c(=O)c1O. The van der Waals surface area contributed by atoms with Gasteiger partial charge in [-0.3, -0.25) is 4.79 Å². The zero-order valence-corrected chi connectivity index (χ0v) is 5.35. The van der Waals surface area contributed by atoms with Crippen LogP contribution in [0.3, 0.4) is 0 Å². The number of nitrogens with zero attached hydrogens (tertiary/aromatic N) is 2. The first-order valence-electron chi connectivity index (χ1n) is 2.60. The van der Waals surface area contributed by atoms with Crippen molar-refractivity contribution in [3.05, 3.63) is 10.4 Å². The van der Waals surface area contributed by atoms with Gasteiger partial charge in [-0.2, -0.15) is 4.98 Å². The molecule has 0 aliphatic carbocycles. The fourth-order valence-electron chi connectivity index (χ4n) is 0.538. The molecule has 1 aromatic heterocycles. The molecule has 1 rings (SSSR count). The quantitative estimate of drug-likeness (QED) is 0.335. The summed E-state index contributed by atoms with van der Waals surface area (Å²) in [5, 5.41) is 17.5. The number of hydrogen-bond acceptors (Lipinski definition) is 6. The van der Waals surface area contributed by atoms with Crippen LogP contribution in [0, 0.1) is 0 Å². The highest BCUT2D eigenvalue weighted by molar-refractivity contribution is 5.45. The van der Waals surface area contributed by atoms with Gasteiger partial charge in [0.25, 0.3) is 0 Å². The molecule has 1 heterocycles. The van der Waals surface area contributed by atoms with Gasteiger partial charge in [0.15, 0.2) is 5.82 Å². The number of aromatic nitrogens is 2. The average Bonchev–Trinajstić information content (AvgIpc) is 1.97. The summed E-state index contributed by atoms with van der Waals surface area (Å²) >= 11 is 0.